The molecule has 0 unspecified atom stereocenters. The van der Waals surface area contributed by atoms with Crippen LogP contribution in [0.4, 0.5) is 8.78 Å². The van der Waals surface area contributed by atoms with Crippen LogP contribution in [0.25, 0.3) is 19.4 Å². The number of benzene rings is 1. The number of fused-ring (bicyclic) bond motifs is 3. The van der Waals surface area contributed by atoms with Crippen molar-refractivity contribution in [1.82, 2.24) is 4.98 Å². The molecule has 0 spiro atoms. The zero-order chi connectivity index (χ0) is 11.3. The summed E-state index contributed by atoms with van der Waals surface area (Å²) in [5.74, 6) is -1.56. The molecule has 0 aliphatic carbocycles. The van der Waals surface area contributed by atoms with E-state index in [2.05, 4.69) is 4.98 Å². The van der Waals surface area contributed by atoms with Gasteiger partial charge in [0.15, 0.2) is 0 Å². The molecule has 3 rings (SSSR count). The predicted octanol–water partition coefficient (Wildman–Crippen LogP) is 3.03. The summed E-state index contributed by atoms with van der Waals surface area (Å²) >= 11 is -0.00870. The molecule has 0 amide bonds. The molecule has 0 fully saturated rings. The van der Waals surface area contributed by atoms with Gasteiger partial charge in [-0.2, -0.15) is 0 Å². The Bertz CT molecular complexity index is 703. The number of aromatic nitrogens is 1. The molecule has 0 aliphatic rings. The van der Waals surface area contributed by atoms with Crippen LogP contribution in [0.1, 0.15) is 5.69 Å². The first-order chi connectivity index (χ1) is 7.65. The molecule has 0 N–H and O–H groups in total. The minimum atomic E-state index is -0.789. The molecule has 1 nitrogen and oxygen atoms in total. The summed E-state index contributed by atoms with van der Waals surface area (Å²) < 4.78 is 28.1. The molecule has 0 saturated heterocycles. The van der Waals surface area contributed by atoms with Crippen molar-refractivity contribution in [3.05, 3.63) is 41.6 Å². The molecule has 16 heavy (non-hydrogen) atoms. The number of hydrogen-bond donors (Lipinski definition) is 0. The van der Waals surface area contributed by atoms with Crippen molar-refractivity contribution >= 4 is 33.9 Å². The standard InChI is InChI=1S/C12H7F2NSe/c1-6-2-3-7-8-4-9(13)10(14)5-11(8)16-12(7)15-6/h2-5H,1H3. The zero-order valence-electron chi connectivity index (χ0n) is 8.42. The summed E-state index contributed by atoms with van der Waals surface area (Å²) in [6.07, 6.45) is 0. The zero-order valence-corrected chi connectivity index (χ0v) is 10.1. The van der Waals surface area contributed by atoms with Crippen LogP contribution in [0, 0.1) is 18.6 Å². The van der Waals surface area contributed by atoms with Gasteiger partial charge in [0.25, 0.3) is 0 Å². The van der Waals surface area contributed by atoms with Crippen LogP contribution in [-0.2, 0) is 0 Å². The van der Waals surface area contributed by atoms with E-state index in [4.69, 9.17) is 0 Å². The van der Waals surface area contributed by atoms with Crippen molar-refractivity contribution in [2.75, 3.05) is 0 Å². The van der Waals surface area contributed by atoms with E-state index in [-0.39, 0.29) is 14.5 Å². The molecule has 0 bridgehead atoms. The van der Waals surface area contributed by atoms with E-state index in [1.807, 2.05) is 19.1 Å². The Balaban J connectivity index is 2.51. The van der Waals surface area contributed by atoms with Gasteiger partial charge in [-0.3, -0.25) is 0 Å². The maximum atomic E-state index is 13.2. The number of halogens is 2. The molecule has 2 heterocycles. The van der Waals surface area contributed by atoms with Gasteiger partial charge in [-0.15, -0.1) is 0 Å². The molecule has 2 aromatic heterocycles. The third-order valence-corrected chi connectivity index (χ3v) is 4.75. The molecular weight excluding hydrogens is 275 g/mol. The summed E-state index contributed by atoms with van der Waals surface area (Å²) in [4.78, 5) is 4.41. The Morgan fingerprint density at radius 3 is 2.62 bits per heavy atom. The van der Waals surface area contributed by atoms with E-state index in [9.17, 15) is 8.78 Å². The Morgan fingerprint density at radius 1 is 1.06 bits per heavy atom. The van der Waals surface area contributed by atoms with Crippen LogP contribution in [0.3, 0.4) is 0 Å². The topological polar surface area (TPSA) is 12.9 Å². The average Bonchev–Trinajstić information content (AvgIpc) is 2.55. The van der Waals surface area contributed by atoms with Crippen molar-refractivity contribution in [1.29, 1.82) is 0 Å². The SMILES string of the molecule is Cc1ccc2c(n1)[se]c1cc(F)c(F)cc12. The van der Waals surface area contributed by atoms with Gasteiger partial charge < -0.3 is 0 Å². The van der Waals surface area contributed by atoms with Crippen molar-refractivity contribution < 1.29 is 8.78 Å². The normalized spacial score (nSPS) is 11.4. The third kappa shape index (κ3) is 1.38. The summed E-state index contributed by atoms with van der Waals surface area (Å²) in [6.45, 7) is 1.92. The Hall–Kier alpha value is -1.25. The van der Waals surface area contributed by atoms with E-state index in [1.165, 1.54) is 12.1 Å². The van der Waals surface area contributed by atoms with E-state index >= 15 is 0 Å². The number of aryl methyl sites for hydroxylation is 1. The van der Waals surface area contributed by atoms with Crippen LogP contribution >= 0.6 is 0 Å². The first-order valence-corrected chi connectivity index (χ1v) is 6.51. The molecule has 0 radical (unpaired) electrons. The molecule has 3 aromatic rings. The third-order valence-electron chi connectivity index (χ3n) is 2.52. The maximum absolute atomic E-state index is 13.2. The van der Waals surface area contributed by atoms with Gasteiger partial charge in [0.05, 0.1) is 0 Å². The van der Waals surface area contributed by atoms with Crippen LogP contribution in [0.5, 0.6) is 0 Å². The van der Waals surface area contributed by atoms with Crippen LogP contribution in [0.15, 0.2) is 24.3 Å². The van der Waals surface area contributed by atoms with Crippen molar-refractivity contribution in [2.24, 2.45) is 0 Å². The number of pyridine rings is 1. The van der Waals surface area contributed by atoms with Gasteiger partial charge in [0, 0.05) is 0 Å². The predicted molar refractivity (Wildman–Crippen MR) is 60.8 cm³/mol. The number of nitrogens with zero attached hydrogens (tertiary/aromatic N) is 1. The first-order valence-electron chi connectivity index (χ1n) is 4.80. The van der Waals surface area contributed by atoms with Crippen LogP contribution < -0.4 is 0 Å². The second-order valence-corrected chi connectivity index (χ2v) is 5.83. The fraction of sp³-hybridized carbons (Fsp3) is 0.0833. The fourth-order valence-electron chi connectivity index (χ4n) is 1.74. The van der Waals surface area contributed by atoms with Crippen LogP contribution in [-0.4, -0.2) is 19.5 Å². The second-order valence-electron chi connectivity index (χ2n) is 3.67. The molecule has 0 aliphatic heterocycles. The van der Waals surface area contributed by atoms with E-state index in [1.54, 1.807) is 0 Å². The van der Waals surface area contributed by atoms with Crippen molar-refractivity contribution in [2.45, 2.75) is 6.92 Å². The molecule has 1 aromatic carbocycles. The first kappa shape index (κ1) is 9.94. The van der Waals surface area contributed by atoms with Gasteiger partial charge in [-0.1, -0.05) is 0 Å². The van der Waals surface area contributed by atoms with Gasteiger partial charge in [0.2, 0.25) is 0 Å². The van der Waals surface area contributed by atoms with Gasteiger partial charge in [-0.05, 0) is 0 Å². The molecule has 80 valence electrons. The van der Waals surface area contributed by atoms with Gasteiger partial charge >= 0.3 is 96.2 Å². The summed E-state index contributed by atoms with van der Waals surface area (Å²) in [5.41, 5.74) is 0.939. The molecule has 4 heteroatoms. The van der Waals surface area contributed by atoms with E-state index < -0.39 is 11.6 Å². The van der Waals surface area contributed by atoms with E-state index in [0.29, 0.717) is 0 Å². The fourth-order valence-corrected chi connectivity index (χ4v) is 4.11. The van der Waals surface area contributed by atoms with Crippen molar-refractivity contribution in [3.8, 4) is 0 Å². The summed E-state index contributed by atoms with van der Waals surface area (Å²) in [6, 6.07) is 6.39. The number of hydrogen-bond acceptors (Lipinski definition) is 1. The molecule has 0 saturated carbocycles. The second kappa shape index (κ2) is 3.37. The Kier molecular flexibility index (Phi) is 2.09. The Morgan fingerprint density at radius 2 is 1.81 bits per heavy atom. The minimum absolute atomic E-state index is 0.00870. The van der Waals surface area contributed by atoms with Crippen LogP contribution in [0.2, 0.25) is 0 Å². The van der Waals surface area contributed by atoms with Gasteiger partial charge in [-0.25, -0.2) is 0 Å². The average molecular weight is 282 g/mol. The summed E-state index contributed by atoms with van der Waals surface area (Å²) in [5, 5.41) is 1.74. The summed E-state index contributed by atoms with van der Waals surface area (Å²) in [7, 11) is 0. The Labute approximate surface area is 96.5 Å². The van der Waals surface area contributed by atoms with E-state index in [0.717, 1.165) is 25.1 Å². The molecular formula is C12H7F2NSe. The monoisotopic (exact) mass is 283 g/mol. The molecule has 0 atom stereocenters. The van der Waals surface area contributed by atoms with Gasteiger partial charge in [0.1, 0.15) is 0 Å². The number of rotatable bonds is 0. The quantitative estimate of drug-likeness (QED) is 0.578. The van der Waals surface area contributed by atoms with Crippen molar-refractivity contribution in [3.63, 3.8) is 0 Å².